The van der Waals surface area contributed by atoms with E-state index in [1.54, 1.807) is 9.58 Å². The van der Waals surface area contributed by atoms with Crippen molar-refractivity contribution >= 4 is 17.6 Å². The third-order valence-corrected chi connectivity index (χ3v) is 6.59. The first kappa shape index (κ1) is 28.2. The number of hydrogen-bond acceptors (Lipinski definition) is 3. The lowest BCUT2D eigenvalue weighted by molar-refractivity contribution is -0.134. The summed E-state index contributed by atoms with van der Waals surface area (Å²) in [7, 11) is 0. The summed E-state index contributed by atoms with van der Waals surface area (Å²) >= 11 is 0. The van der Waals surface area contributed by atoms with Gasteiger partial charge in [-0.3, -0.25) is 9.59 Å². The van der Waals surface area contributed by atoms with E-state index in [1.807, 2.05) is 55.5 Å². The molecule has 0 spiro atoms. The maximum absolute atomic E-state index is 13.2. The molecule has 1 heterocycles. The molecule has 198 valence electrons. The molecule has 0 saturated heterocycles. The minimum absolute atomic E-state index is 0.0481. The van der Waals surface area contributed by atoms with Gasteiger partial charge in [-0.25, -0.2) is 4.68 Å². The fraction of sp³-hybridized carbons (Fsp3) is 0.452. The van der Waals surface area contributed by atoms with E-state index in [9.17, 15) is 9.59 Å². The van der Waals surface area contributed by atoms with Crippen LogP contribution in [-0.4, -0.2) is 39.6 Å². The van der Waals surface area contributed by atoms with Crippen LogP contribution in [0.25, 0.3) is 16.9 Å². The Kier molecular flexibility index (Phi) is 10.9. The number of carbonyl (C=O) groups excluding carboxylic acids is 2. The molecule has 1 aromatic heterocycles. The largest absolute Gasteiger partial charge is 0.333 e. The van der Waals surface area contributed by atoms with Crippen molar-refractivity contribution in [2.45, 2.75) is 79.1 Å². The van der Waals surface area contributed by atoms with Gasteiger partial charge >= 0.3 is 0 Å². The second-order valence-electron chi connectivity index (χ2n) is 9.86. The first-order valence-corrected chi connectivity index (χ1v) is 13.7. The van der Waals surface area contributed by atoms with Crippen LogP contribution >= 0.6 is 0 Å². The van der Waals surface area contributed by atoms with Crippen LogP contribution < -0.4 is 5.32 Å². The third-order valence-electron chi connectivity index (χ3n) is 6.59. The monoisotopic (exact) mass is 502 g/mol. The SMILES string of the molecule is CCCCCCCC(=O)N(CCCC)CC(=O)Nc1cc(-c2ccccc2)nn1-c1ccc(C)cc1C. The van der Waals surface area contributed by atoms with Crippen molar-refractivity contribution in [3.8, 4) is 16.9 Å². The molecule has 0 atom stereocenters. The first-order chi connectivity index (χ1) is 17.9. The Labute approximate surface area is 222 Å². The van der Waals surface area contributed by atoms with Crippen LogP contribution in [0.3, 0.4) is 0 Å². The second-order valence-corrected chi connectivity index (χ2v) is 9.86. The second kappa shape index (κ2) is 14.4. The lowest BCUT2D eigenvalue weighted by Crippen LogP contribution is -2.38. The number of nitrogens with zero attached hydrogens (tertiary/aromatic N) is 3. The molecule has 3 aromatic rings. The highest BCUT2D eigenvalue weighted by Crippen LogP contribution is 2.26. The molecule has 3 rings (SSSR count). The van der Waals surface area contributed by atoms with Crippen molar-refractivity contribution in [1.82, 2.24) is 14.7 Å². The Bertz CT molecular complexity index is 1150. The molecule has 2 aromatic carbocycles. The van der Waals surface area contributed by atoms with Crippen LogP contribution in [0, 0.1) is 13.8 Å². The molecular weight excluding hydrogens is 460 g/mol. The van der Waals surface area contributed by atoms with Crippen LogP contribution in [0.4, 0.5) is 5.82 Å². The fourth-order valence-corrected chi connectivity index (χ4v) is 4.48. The highest BCUT2D eigenvalue weighted by Gasteiger charge is 2.19. The Morgan fingerprint density at radius 3 is 2.32 bits per heavy atom. The Hall–Kier alpha value is -3.41. The van der Waals surface area contributed by atoms with Crippen LogP contribution in [0.1, 0.15) is 76.3 Å². The normalized spacial score (nSPS) is 10.9. The number of nitrogens with one attached hydrogen (secondary N) is 1. The smallest absolute Gasteiger partial charge is 0.245 e. The summed E-state index contributed by atoms with van der Waals surface area (Å²) in [6.45, 7) is 9.04. The number of rotatable bonds is 14. The van der Waals surface area contributed by atoms with E-state index in [2.05, 4.69) is 32.2 Å². The number of aromatic nitrogens is 2. The van der Waals surface area contributed by atoms with Gasteiger partial charge in [0.05, 0.1) is 17.9 Å². The maximum Gasteiger partial charge on any atom is 0.245 e. The van der Waals surface area contributed by atoms with Crippen LogP contribution in [0.15, 0.2) is 54.6 Å². The summed E-state index contributed by atoms with van der Waals surface area (Å²) in [5, 5.41) is 7.90. The summed E-state index contributed by atoms with van der Waals surface area (Å²) in [5.74, 6) is 0.451. The molecule has 0 aliphatic carbocycles. The minimum atomic E-state index is -0.207. The zero-order valence-corrected chi connectivity index (χ0v) is 22.9. The summed E-state index contributed by atoms with van der Waals surface area (Å²) in [5.41, 5.74) is 4.91. The van der Waals surface area contributed by atoms with Gasteiger partial charge in [0.15, 0.2) is 0 Å². The predicted molar refractivity (Wildman–Crippen MR) is 152 cm³/mol. The maximum atomic E-state index is 13.2. The topological polar surface area (TPSA) is 67.2 Å². The van der Waals surface area contributed by atoms with Gasteiger partial charge in [-0.2, -0.15) is 5.10 Å². The highest BCUT2D eigenvalue weighted by molar-refractivity contribution is 5.94. The quantitative estimate of drug-likeness (QED) is 0.239. The van der Waals surface area contributed by atoms with Gasteiger partial charge in [0.25, 0.3) is 0 Å². The van der Waals surface area contributed by atoms with E-state index in [1.165, 1.54) is 18.4 Å². The number of unbranched alkanes of at least 4 members (excludes halogenated alkanes) is 5. The van der Waals surface area contributed by atoms with Gasteiger partial charge in [0.2, 0.25) is 11.8 Å². The van der Waals surface area contributed by atoms with E-state index < -0.39 is 0 Å². The highest BCUT2D eigenvalue weighted by atomic mass is 16.2. The molecule has 0 fully saturated rings. The number of anilines is 1. The zero-order chi connectivity index (χ0) is 26.6. The average molecular weight is 503 g/mol. The van der Waals surface area contributed by atoms with Gasteiger partial charge in [-0.05, 0) is 38.3 Å². The average Bonchev–Trinajstić information content (AvgIpc) is 3.30. The van der Waals surface area contributed by atoms with Gasteiger partial charge < -0.3 is 10.2 Å². The zero-order valence-electron chi connectivity index (χ0n) is 22.9. The molecule has 0 aliphatic heterocycles. The van der Waals surface area contributed by atoms with Gasteiger partial charge in [-0.15, -0.1) is 0 Å². The third kappa shape index (κ3) is 8.31. The summed E-state index contributed by atoms with van der Waals surface area (Å²) in [6, 6.07) is 18.0. The molecule has 0 saturated carbocycles. The van der Waals surface area contributed by atoms with Crippen molar-refractivity contribution < 1.29 is 9.59 Å². The Balaban J connectivity index is 1.79. The number of aryl methyl sites for hydroxylation is 2. The Morgan fingerprint density at radius 2 is 1.62 bits per heavy atom. The van der Waals surface area contributed by atoms with Crippen LogP contribution in [-0.2, 0) is 9.59 Å². The molecule has 0 radical (unpaired) electrons. The van der Waals surface area contributed by atoms with Crippen LogP contribution in [0.2, 0.25) is 0 Å². The van der Waals surface area contributed by atoms with Crippen LogP contribution in [0.5, 0.6) is 0 Å². The fourth-order valence-electron chi connectivity index (χ4n) is 4.48. The molecule has 2 amide bonds. The molecule has 6 heteroatoms. The standard InChI is InChI=1S/C31H42N4O2/c1-5-7-9-10-14-17-31(37)34(20-8-6-2)23-30(36)32-29-22-27(26-15-12-11-13-16-26)33-35(29)28-19-18-24(3)21-25(28)4/h11-13,15-16,18-19,21-22H,5-10,14,17,20,23H2,1-4H3,(H,32,36). The lowest BCUT2D eigenvalue weighted by Gasteiger charge is -2.22. The summed E-state index contributed by atoms with van der Waals surface area (Å²) in [4.78, 5) is 27.9. The van der Waals surface area contributed by atoms with Crippen molar-refractivity contribution in [2.24, 2.45) is 0 Å². The first-order valence-electron chi connectivity index (χ1n) is 13.7. The number of hydrogen-bond donors (Lipinski definition) is 1. The van der Waals surface area contributed by atoms with Gasteiger partial charge in [0.1, 0.15) is 5.82 Å². The van der Waals surface area contributed by atoms with Crippen molar-refractivity contribution in [3.05, 3.63) is 65.7 Å². The number of carbonyl (C=O) groups is 2. The predicted octanol–water partition coefficient (Wildman–Crippen LogP) is 7.08. The van der Waals surface area contributed by atoms with E-state index in [-0.39, 0.29) is 18.4 Å². The molecule has 1 N–H and O–H groups in total. The minimum Gasteiger partial charge on any atom is -0.333 e. The molecule has 0 aliphatic rings. The lowest BCUT2D eigenvalue weighted by atomic mass is 10.1. The molecule has 0 unspecified atom stereocenters. The van der Waals surface area contributed by atoms with E-state index in [0.29, 0.717) is 18.8 Å². The number of amides is 2. The molecular formula is C31H42N4O2. The molecule has 37 heavy (non-hydrogen) atoms. The molecule has 0 bridgehead atoms. The Morgan fingerprint density at radius 1 is 0.892 bits per heavy atom. The van der Waals surface area contributed by atoms with Crippen molar-refractivity contribution in [1.29, 1.82) is 0 Å². The van der Waals surface area contributed by atoms with E-state index in [4.69, 9.17) is 5.10 Å². The number of benzene rings is 2. The van der Waals surface area contributed by atoms with Gasteiger partial charge in [-0.1, -0.05) is 94.0 Å². The van der Waals surface area contributed by atoms with Gasteiger partial charge in [0, 0.05) is 24.6 Å². The van der Waals surface area contributed by atoms with E-state index >= 15 is 0 Å². The molecule has 6 nitrogen and oxygen atoms in total. The summed E-state index contributed by atoms with van der Waals surface area (Å²) in [6.07, 6.45) is 7.84. The van der Waals surface area contributed by atoms with E-state index in [0.717, 1.165) is 54.6 Å². The van der Waals surface area contributed by atoms with Crippen molar-refractivity contribution in [3.63, 3.8) is 0 Å². The van der Waals surface area contributed by atoms with Crippen molar-refractivity contribution in [2.75, 3.05) is 18.4 Å². The summed E-state index contributed by atoms with van der Waals surface area (Å²) < 4.78 is 1.79.